The first kappa shape index (κ1) is 13.2. The number of nitrogens with zero attached hydrogens (tertiary/aromatic N) is 5. The molecule has 0 atom stereocenters. The van der Waals surface area contributed by atoms with Gasteiger partial charge in [-0.25, -0.2) is 4.98 Å². The van der Waals surface area contributed by atoms with Crippen molar-refractivity contribution in [2.75, 3.05) is 0 Å². The maximum atomic E-state index is 4.38. The molecule has 0 fully saturated rings. The summed E-state index contributed by atoms with van der Waals surface area (Å²) >= 11 is 0. The Balaban J connectivity index is 1.93. The number of nitrogens with one attached hydrogen (secondary N) is 1. The zero-order chi connectivity index (χ0) is 14.8. The highest BCUT2D eigenvalue weighted by Gasteiger charge is 2.10. The van der Waals surface area contributed by atoms with E-state index in [1.807, 2.05) is 37.8 Å². The van der Waals surface area contributed by atoms with Crippen LogP contribution >= 0.6 is 0 Å². The molecule has 21 heavy (non-hydrogen) atoms. The Bertz CT molecular complexity index is 824. The van der Waals surface area contributed by atoms with E-state index in [-0.39, 0.29) is 0 Å². The number of hydrogen-bond acceptors (Lipinski definition) is 3. The molecule has 3 heterocycles. The molecule has 106 valence electrons. The Morgan fingerprint density at radius 3 is 2.81 bits per heavy atom. The molecule has 0 amide bonds. The van der Waals surface area contributed by atoms with E-state index < -0.39 is 0 Å². The third kappa shape index (κ3) is 2.58. The summed E-state index contributed by atoms with van der Waals surface area (Å²) in [5, 5.41) is 11.1. The Kier molecular flexibility index (Phi) is 3.32. The number of rotatable bonds is 2. The predicted octanol–water partition coefficient (Wildman–Crippen LogP) is 1.18. The van der Waals surface area contributed by atoms with Gasteiger partial charge < -0.3 is 4.57 Å². The molecule has 3 rings (SSSR count). The molecule has 0 aliphatic rings. The molecule has 0 saturated heterocycles. The summed E-state index contributed by atoms with van der Waals surface area (Å²) in [7, 11) is 3.85. The second-order valence-corrected chi connectivity index (χ2v) is 4.94. The van der Waals surface area contributed by atoms with Gasteiger partial charge in [0.1, 0.15) is 11.4 Å². The lowest BCUT2D eigenvalue weighted by atomic mass is 10.1. The summed E-state index contributed by atoms with van der Waals surface area (Å²) in [5.74, 6) is 6.24. The fourth-order valence-electron chi connectivity index (χ4n) is 2.12. The maximum Gasteiger partial charge on any atom is 0.135 e. The Hall–Kier alpha value is -2.81. The van der Waals surface area contributed by atoms with Gasteiger partial charge in [-0.1, -0.05) is 0 Å². The van der Waals surface area contributed by atoms with Crippen LogP contribution < -0.4 is 0 Å². The fourth-order valence-corrected chi connectivity index (χ4v) is 2.12. The molecule has 6 nitrogen and oxygen atoms in total. The van der Waals surface area contributed by atoms with E-state index in [9.17, 15) is 0 Å². The van der Waals surface area contributed by atoms with Crippen molar-refractivity contribution in [1.29, 1.82) is 0 Å². The number of aromatic nitrogens is 6. The van der Waals surface area contributed by atoms with Gasteiger partial charge in [0.05, 0.1) is 24.4 Å². The first-order chi connectivity index (χ1) is 10.1. The maximum absolute atomic E-state index is 4.38. The number of H-pyrrole nitrogens is 1. The van der Waals surface area contributed by atoms with Gasteiger partial charge in [-0.2, -0.15) is 10.2 Å². The van der Waals surface area contributed by atoms with Crippen LogP contribution in [0.5, 0.6) is 0 Å². The summed E-state index contributed by atoms with van der Waals surface area (Å²) in [6, 6.07) is 1.88. The smallest absolute Gasteiger partial charge is 0.135 e. The monoisotopic (exact) mass is 280 g/mol. The van der Waals surface area contributed by atoms with Gasteiger partial charge in [0.2, 0.25) is 0 Å². The van der Waals surface area contributed by atoms with Crippen LogP contribution in [0.15, 0.2) is 24.8 Å². The van der Waals surface area contributed by atoms with Crippen molar-refractivity contribution < 1.29 is 0 Å². The SMILES string of the molecule is Cc1[nH]ncc1Cc1c(C#Cc2ccnn2C)ncn1C. The van der Waals surface area contributed by atoms with Gasteiger partial charge in [-0.3, -0.25) is 9.78 Å². The van der Waals surface area contributed by atoms with Crippen LogP contribution in [-0.4, -0.2) is 29.5 Å². The fraction of sp³-hybridized carbons (Fsp3) is 0.267. The summed E-state index contributed by atoms with van der Waals surface area (Å²) < 4.78 is 3.75. The average Bonchev–Trinajstić information content (AvgIpc) is 3.14. The van der Waals surface area contributed by atoms with Crippen LogP contribution in [0.3, 0.4) is 0 Å². The van der Waals surface area contributed by atoms with E-state index in [1.165, 1.54) is 0 Å². The molecule has 0 unspecified atom stereocenters. The van der Waals surface area contributed by atoms with Crippen LogP contribution in [0.4, 0.5) is 0 Å². The Morgan fingerprint density at radius 1 is 1.29 bits per heavy atom. The molecule has 1 N–H and O–H groups in total. The first-order valence-electron chi connectivity index (χ1n) is 6.64. The van der Waals surface area contributed by atoms with Gasteiger partial charge in [-0.05, 0) is 30.4 Å². The van der Waals surface area contributed by atoms with Crippen molar-refractivity contribution in [3.8, 4) is 11.8 Å². The van der Waals surface area contributed by atoms with E-state index in [0.29, 0.717) is 0 Å². The lowest BCUT2D eigenvalue weighted by Crippen LogP contribution is -1.99. The van der Waals surface area contributed by atoms with Crippen LogP contribution in [0.25, 0.3) is 0 Å². The zero-order valence-corrected chi connectivity index (χ0v) is 12.3. The van der Waals surface area contributed by atoms with Gasteiger partial charge in [0, 0.05) is 26.2 Å². The van der Waals surface area contributed by atoms with Gasteiger partial charge >= 0.3 is 0 Å². The van der Waals surface area contributed by atoms with Crippen molar-refractivity contribution in [1.82, 2.24) is 29.5 Å². The highest BCUT2D eigenvalue weighted by atomic mass is 15.2. The standard InChI is InChI=1S/C15H16N6/c1-11-12(9-17-19-11)8-15-14(16-10-20(15)2)5-4-13-6-7-18-21(13)3/h6-7,9-10H,8H2,1-3H3,(H,17,19). The molecule has 0 aromatic carbocycles. The normalized spacial score (nSPS) is 10.4. The predicted molar refractivity (Wildman–Crippen MR) is 78.5 cm³/mol. The molecular weight excluding hydrogens is 264 g/mol. The molecule has 0 aliphatic carbocycles. The molecule has 0 aliphatic heterocycles. The van der Waals surface area contributed by atoms with Crippen molar-refractivity contribution in [3.63, 3.8) is 0 Å². The summed E-state index contributed by atoms with van der Waals surface area (Å²) in [5.41, 5.74) is 4.96. The zero-order valence-electron chi connectivity index (χ0n) is 12.3. The third-order valence-electron chi connectivity index (χ3n) is 3.48. The van der Waals surface area contributed by atoms with Gasteiger partial charge in [-0.15, -0.1) is 0 Å². The minimum atomic E-state index is 0.758. The number of aryl methyl sites for hydroxylation is 3. The van der Waals surface area contributed by atoms with Crippen LogP contribution in [-0.2, 0) is 20.5 Å². The van der Waals surface area contributed by atoms with Gasteiger partial charge in [0.25, 0.3) is 0 Å². The quantitative estimate of drug-likeness (QED) is 0.717. The van der Waals surface area contributed by atoms with Crippen molar-refractivity contribution in [2.24, 2.45) is 14.1 Å². The van der Waals surface area contributed by atoms with E-state index >= 15 is 0 Å². The number of imidazole rings is 1. The highest BCUT2D eigenvalue weighted by molar-refractivity contribution is 5.40. The summed E-state index contributed by atoms with van der Waals surface area (Å²) in [6.07, 6.45) is 6.13. The molecule has 6 heteroatoms. The topological polar surface area (TPSA) is 64.3 Å². The average molecular weight is 280 g/mol. The third-order valence-corrected chi connectivity index (χ3v) is 3.48. The minimum Gasteiger partial charge on any atom is -0.336 e. The number of aromatic amines is 1. The number of hydrogen-bond donors (Lipinski definition) is 1. The molecule has 3 aromatic rings. The molecule has 3 aromatic heterocycles. The second-order valence-electron chi connectivity index (χ2n) is 4.94. The molecule has 0 spiro atoms. The van der Waals surface area contributed by atoms with Crippen LogP contribution in [0.2, 0.25) is 0 Å². The lowest BCUT2D eigenvalue weighted by Gasteiger charge is -2.02. The first-order valence-corrected chi connectivity index (χ1v) is 6.64. The van der Waals surface area contributed by atoms with Gasteiger partial charge in [0.15, 0.2) is 0 Å². The van der Waals surface area contributed by atoms with Crippen LogP contribution in [0.1, 0.15) is 28.3 Å². The van der Waals surface area contributed by atoms with E-state index in [2.05, 4.69) is 32.1 Å². The largest absolute Gasteiger partial charge is 0.336 e. The van der Waals surface area contributed by atoms with Crippen molar-refractivity contribution in [2.45, 2.75) is 13.3 Å². The molecule has 0 saturated carbocycles. The summed E-state index contributed by atoms with van der Waals surface area (Å²) in [4.78, 5) is 4.38. The van der Waals surface area contributed by atoms with E-state index in [0.717, 1.165) is 34.8 Å². The second kappa shape index (κ2) is 5.29. The molecule has 0 radical (unpaired) electrons. The van der Waals surface area contributed by atoms with E-state index in [4.69, 9.17) is 0 Å². The van der Waals surface area contributed by atoms with Crippen LogP contribution in [0, 0.1) is 18.8 Å². The minimum absolute atomic E-state index is 0.758. The van der Waals surface area contributed by atoms with Crippen molar-refractivity contribution in [3.05, 3.63) is 53.1 Å². The molecular formula is C15H16N6. The summed E-state index contributed by atoms with van der Waals surface area (Å²) in [6.45, 7) is 2.01. The lowest BCUT2D eigenvalue weighted by molar-refractivity contribution is 0.757. The Morgan fingerprint density at radius 2 is 2.14 bits per heavy atom. The molecule has 0 bridgehead atoms. The highest BCUT2D eigenvalue weighted by Crippen LogP contribution is 2.14. The van der Waals surface area contributed by atoms with E-state index in [1.54, 1.807) is 17.2 Å². The van der Waals surface area contributed by atoms with Crippen molar-refractivity contribution >= 4 is 0 Å². The Labute approximate surface area is 122 Å².